The molecule has 0 bridgehead atoms. The van der Waals surface area contributed by atoms with Gasteiger partial charge in [-0.05, 0) is 12.0 Å². The van der Waals surface area contributed by atoms with Gasteiger partial charge in [0.15, 0.2) is 0 Å². The molecule has 0 fully saturated rings. The average molecular weight is 247 g/mol. The zero-order chi connectivity index (χ0) is 14.8. The number of rotatable bonds is 3. The predicted molar refractivity (Wildman–Crippen MR) is 83.7 cm³/mol. The van der Waals surface area contributed by atoms with Crippen molar-refractivity contribution in [1.29, 1.82) is 5.26 Å². The Hall–Kier alpha value is -1.55. The molecule has 0 aliphatic carbocycles. The van der Waals surface area contributed by atoms with Gasteiger partial charge in [0.1, 0.15) is 0 Å². The topological polar surface area (TPSA) is 23.8 Å². The van der Waals surface area contributed by atoms with E-state index in [4.69, 9.17) is 5.26 Å². The summed E-state index contributed by atoms with van der Waals surface area (Å²) < 4.78 is 0. The SMILES string of the molecule is C=CCC(C#N)c1ccccc1.CC.CC.CC. The molecule has 1 atom stereocenters. The Balaban J connectivity index is -0.000000328. The standard InChI is InChI=1S/C11H11N.3C2H6/c1-2-6-11(9-12)10-7-4-3-5-8-10;3*1-2/h2-5,7-8,11H,1,6H2;3*1-2H3. The summed E-state index contributed by atoms with van der Waals surface area (Å²) in [6.45, 7) is 15.6. The lowest BCUT2D eigenvalue weighted by Crippen LogP contribution is -1.92. The fourth-order valence-electron chi connectivity index (χ4n) is 1.12. The normalized spacial score (nSPS) is 8.72. The maximum absolute atomic E-state index is 8.81. The molecule has 0 amide bonds. The van der Waals surface area contributed by atoms with Gasteiger partial charge in [-0.1, -0.05) is 78.0 Å². The highest BCUT2D eigenvalue weighted by atomic mass is 14.3. The summed E-state index contributed by atoms with van der Waals surface area (Å²) in [5.74, 6) is -0.0382. The maximum atomic E-state index is 8.81. The zero-order valence-electron chi connectivity index (χ0n) is 12.9. The van der Waals surface area contributed by atoms with E-state index >= 15 is 0 Å². The maximum Gasteiger partial charge on any atom is 0.0747 e. The first-order valence-electron chi connectivity index (χ1n) is 6.94. The second kappa shape index (κ2) is 20.8. The number of nitrogens with zero attached hydrogens (tertiary/aromatic N) is 1. The number of hydrogen-bond donors (Lipinski definition) is 0. The Bertz CT molecular complexity index is 282. The smallest absolute Gasteiger partial charge is 0.0747 e. The van der Waals surface area contributed by atoms with Gasteiger partial charge >= 0.3 is 0 Å². The van der Waals surface area contributed by atoms with Gasteiger partial charge in [-0.3, -0.25) is 0 Å². The van der Waals surface area contributed by atoms with Crippen molar-refractivity contribution in [3.8, 4) is 6.07 Å². The summed E-state index contributed by atoms with van der Waals surface area (Å²) >= 11 is 0. The molecule has 1 unspecified atom stereocenters. The zero-order valence-corrected chi connectivity index (χ0v) is 12.9. The second-order valence-corrected chi connectivity index (χ2v) is 2.62. The summed E-state index contributed by atoms with van der Waals surface area (Å²) in [6.07, 6.45) is 2.50. The minimum atomic E-state index is -0.0382. The van der Waals surface area contributed by atoms with E-state index in [1.165, 1.54) is 0 Å². The van der Waals surface area contributed by atoms with E-state index in [0.29, 0.717) is 0 Å². The molecule has 1 aromatic carbocycles. The molecule has 1 heteroatoms. The minimum absolute atomic E-state index is 0.0382. The van der Waals surface area contributed by atoms with Crippen LogP contribution in [0.4, 0.5) is 0 Å². The van der Waals surface area contributed by atoms with Crippen molar-refractivity contribution in [2.24, 2.45) is 0 Å². The second-order valence-electron chi connectivity index (χ2n) is 2.62. The summed E-state index contributed by atoms with van der Waals surface area (Å²) in [5, 5.41) is 8.81. The first kappa shape index (κ1) is 21.7. The number of allylic oxidation sites excluding steroid dienone is 1. The molecule has 0 heterocycles. The van der Waals surface area contributed by atoms with Crippen LogP contribution in [0.1, 0.15) is 59.4 Å². The molecule has 0 saturated carbocycles. The van der Waals surface area contributed by atoms with Gasteiger partial charge in [-0.15, -0.1) is 6.58 Å². The molecule has 0 aliphatic rings. The predicted octanol–water partition coefficient (Wildman–Crippen LogP) is 5.95. The Morgan fingerprint density at radius 1 is 1.06 bits per heavy atom. The van der Waals surface area contributed by atoms with E-state index < -0.39 is 0 Å². The molecule has 1 rings (SSSR count). The van der Waals surface area contributed by atoms with Gasteiger partial charge in [0.05, 0.1) is 12.0 Å². The van der Waals surface area contributed by atoms with Crippen molar-refractivity contribution in [2.45, 2.75) is 53.9 Å². The van der Waals surface area contributed by atoms with Crippen LogP contribution >= 0.6 is 0 Å². The van der Waals surface area contributed by atoms with Crippen LogP contribution in [0.2, 0.25) is 0 Å². The molecule has 0 N–H and O–H groups in total. The summed E-state index contributed by atoms with van der Waals surface area (Å²) in [4.78, 5) is 0. The van der Waals surface area contributed by atoms with Crippen LogP contribution in [0.3, 0.4) is 0 Å². The van der Waals surface area contributed by atoms with Gasteiger partial charge in [-0.25, -0.2) is 0 Å². The van der Waals surface area contributed by atoms with Crippen LogP contribution in [0.15, 0.2) is 43.0 Å². The van der Waals surface area contributed by atoms with Crippen molar-refractivity contribution in [3.63, 3.8) is 0 Å². The molecule has 102 valence electrons. The Kier molecular flexibility index (Phi) is 25.1. The fraction of sp³-hybridized carbons (Fsp3) is 0.471. The summed E-state index contributed by atoms with van der Waals surface area (Å²) in [6, 6.07) is 12.0. The molecule has 0 saturated heterocycles. The lowest BCUT2D eigenvalue weighted by atomic mass is 9.98. The molecule has 1 aromatic rings. The quantitative estimate of drug-likeness (QED) is 0.605. The van der Waals surface area contributed by atoms with Crippen molar-refractivity contribution >= 4 is 0 Å². The molecule has 0 spiro atoms. The molecular weight excluding hydrogens is 218 g/mol. The van der Waals surface area contributed by atoms with E-state index in [2.05, 4.69) is 12.6 Å². The first-order valence-corrected chi connectivity index (χ1v) is 6.94. The van der Waals surface area contributed by atoms with E-state index in [1.807, 2.05) is 71.9 Å². The van der Waals surface area contributed by atoms with Gasteiger partial charge < -0.3 is 0 Å². The van der Waals surface area contributed by atoms with Crippen LogP contribution in [0.5, 0.6) is 0 Å². The largest absolute Gasteiger partial charge is 0.198 e. The molecular formula is C17H29N. The molecule has 0 aliphatic heterocycles. The van der Waals surface area contributed by atoms with E-state index in [1.54, 1.807) is 6.08 Å². The number of nitriles is 1. The van der Waals surface area contributed by atoms with E-state index in [9.17, 15) is 0 Å². The molecule has 18 heavy (non-hydrogen) atoms. The van der Waals surface area contributed by atoms with E-state index in [-0.39, 0.29) is 5.92 Å². The van der Waals surface area contributed by atoms with Crippen LogP contribution in [0.25, 0.3) is 0 Å². The van der Waals surface area contributed by atoms with Crippen LogP contribution in [-0.4, -0.2) is 0 Å². The highest BCUT2D eigenvalue weighted by Crippen LogP contribution is 2.17. The Labute approximate surface area is 114 Å². The lowest BCUT2D eigenvalue weighted by molar-refractivity contribution is 0.879. The third-order valence-electron chi connectivity index (χ3n) is 1.76. The molecule has 0 radical (unpaired) electrons. The monoisotopic (exact) mass is 247 g/mol. The van der Waals surface area contributed by atoms with Gasteiger partial charge in [-0.2, -0.15) is 5.26 Å². The third-order valence-corrected chi connectivity index (χ3v) is 1.76. The lowest BCUT2D eigenvalue weighted by Gasteiger charge is -2.04. The number of benzene rings is 1. The number of hydrogen-bond acceptors (Lipinski definition) is 1. The van der Waals surface area contributed by atoms with Crippen LogP contribution in [0, 0.1) is 11.3 Å². The van der Waals surface area contributed by atoms with Crippen molar-refractivity contribution < 1.29 is 0 Å². The minimum Gasteiger partial charge on any atom is -0.198 e. The van der Waals surface area contributed by atoms with Gasteiger partial charge in [0, 0.05) is 0 Å². The van der Waals surface area contributed by atoms with Crippen molar-refractivity contribution in [3.05, 3.63) is 48.6 Å². The highest BCUT2D eigenvalue weighted by molar-refractivity contribution is 5.25. The highest BCUT2D eigenvalue weighted by Gasteiger charge is 2.06. The Morgan fingerprint density at radius 2 is 1.50 bits per heavy atom. The molecule has 0 aromatic heterocycles. The van der Waals surface area contributed by atoms with E-state index in [0.717, 1.165) is 12.0 Å². The van der Waals surface area contributed by atoms with Crippen molar-refractivity contribution in [2.75, 3.05) is 0 Å². The third kappa shape index (κ3) is 11.0. The average Bonchev–Trinajstić information content (AvgIpc) is 2.52. The van der Waals surface area contributed by atoms with Crippen LogP contribution in [-0.2, 0) is 0 Å². The summed E-state index contributed by atoms with van der Waals surface area (Å²) in [5.41, 5.74) is 1.07. The van der Waals surface area contributed by atoms with Gasteiger partial charge in [0.2, 0.25) is 0 Å². The Morgan fingerprint density at radius 3 is 1.83 bits per heavy atom. The van der Waals surface area contributed by atoms with Crippen LogP contribution < -0.4 is 0 Å². The van der Waals surface area contributed by atoms with Crippen molar-refractivity contribution in [1.82, 2.24) is 0 Å². The first-order chi connectivity index (χ1) is 8.88. The van der Waals surface area contributed by atoms with Gasteiger partial charge in [0.25, 0.3) is 0 Å². The summed E-state index contributed by atoms with van der Waals surface area (Å²) in [7, 11) is 0. The molecule has 1 nitrogen and oxygen atoms in total. The fourth-order valence-corrected chi connectivity index (χ4v) is 1.12.